The molecule has 1 aromatic carbocycles. The number of aliphatic hydroxyl groups is 1. The third-order valence-corrected chi connectivity index (χ3v) is 6.35. The minimum Gasteiger partial charge on any atom is -0.451 e. The summed E-state index contributed by atoms with van der Waals surface area (Å²) >= 11 is 1.72. The maximum Gasteiger partial charge on any atom is 0.287 e. The van der Waals surface area contributed by atoms with Crippen LogP contribution in [0.2, 0.25) is 0 Å². The average Bonchev–Trinajstić information content (AvgIpc) is 3.37. The van der Waals surface area contributed by atoms with E-state index < -0.39 is 5.60 Å². The lowest BCUT2D eigenvalue weighted by molar-refractivity contribution is -0.0276. The lowest BCUT2D eigenvalue weighted by Gasteiger charge is -2.38. The second kappa shape index (κ2) is 8.30. The first-order valence-electron chi connectivity index (χ1n) is 10.2. The molecule has 2 aromatic heterocycles. The Hall–Kier alpha value is -2.15. The predicted molar refractivity (Wildman–Crippen MR) is 116 cm³/mol. The highest BCUT2D eigenvalue weighted by atomic mass is 32.1. The summed E-state index contributed by atoms with van der Waals surface area (Å²) in [6, 6.07) is 9.68. The van der Waals surface area contributed by atoms with Crippen molar-refractivity contribution in [2.45, 2.75) is 38.8 Å². The molecule has 1 saturated heterocycles. The summed E-state index contributed by atoms with van der Waals surface area (Å²) in [5, 5.41) is 19.3. The van der Waals surface area contributed by atoms with Crippen LogP contribution in [0.1, 0.15) is 48.4 Å². The molecule has 0 aliphatic carbocycles. The lowest BCUT2D eigenvalue weighted by atomic mass is 9.84. The summed E-state index contributed by atoms with van der Waals surface area (Å²) in [7, 11) is 0. The van der Waals surface area contributed by atoms with Gasteiger partial charge in [-0.3, -0.25) is 9.69 Å². The topological polar surface area (TPSA) is 65.7 Å². The number of rotatable bonds is 6. The number of nitrogens with zero attached hydrogens (tertiary/aromatic N) is 1. The van der Waals surface area contributed by atoms with E-state index in [1.807, 2.05) is 18.2 Å². The predicted octanol–water partition coefficient (Wildman–Crippen LogP) is 4.36. The van der Waals surface area contributed by atoms with E-state index in [9.17, 15) is 9.90 Å². The van der Waals surface area contributed by atoms with Gasteiger partial charge >= 0.3 is 0 Å². The fraction of sp³-hybridized carbons (Fsp3) is 0.435. The van der Waals surface area contributed by atoms with Gasteiger partial charge in [0.25, 0.3) is 5.91 Å². The molecule has 0 unspecified atom stereocenters. The highest BCUT2D eigenvalue weighted by Gasteiger charge is 2.34. The highest BCUT2D eigenvalue weighted by molar-refractivity contribution is 7.07. The first kappa shape index (κ1) is 20.1. The number of thiophene rings is 1. The van der Waals surface area contributed by atoms with Gasteiger partial charge in [-0.2, -0.15) is 11.3 Å². The van der Waals surface area contributed by atoms with Gasteiger partial charge in [0.15, 0.2) is 5.76 Å². The van der Waals surface area contributed by atoms with Gasteiger partial charge in [-0.05, 0) is 64.9 Å². The molecule has 1 aliphatic heterocycles. The number of amides is 1. The van der Waals surface area contributed by atoms with Crippen LogP contribution < -0.4 is 5.32 Å². The number of piperidine rings is 1. The fourth-order valence-corrected chi connectivity index (χ4v) is 4.50. The molecule has 5 nitrogen and oxygen atoms in total. The van der Waals surface area contributed by atoms with Gasteiger partial charge in [0.2, 0.25) is 0 Å². The summed E-state index contributed by atoms with van der Waals surface area (Å²) in [5.74, 6) is 0.502. The van der Waals surface area contributed by atoms with E-state index in [2.05, 4.69) is 40.9 Å². The number of hydrogen-bond donors (Lipinski definition) is 2. The molecule has 1 amide bonds. The quantitative estimate of drug-likeness (QED) is 0.631. The standard InChI is InChI=1S/C23H28N2O3S/c1-16(2)13-24-22(26)21-12-18-11-19(3-4-20(18)28-21)23(27)6-8-25(9-7-23)14-17-5-10-29-15-17/h3-5,10-12,15-16,27H,6-9,13-14H2,1-2H3,(H,24,26). The molecule has 0 spiro atoms. The van der Waals surface area contributed by atoms with Crippen LogP contribution in [-0.2, 0) is 12.1 Å². The molecule has 3 aromatic rings. The van der Waals surface area contributed by atoms with Gasteiger partial charge in [0, 0.05) is 31.6 Å². The van der Waals surface area contributed by atoms with Crippen LogP contribution in [0, 0.1) is 5.92 Å². The molecule has 2 N–H and O–H groups in total. The second-order valence-electron chi connectivity index (χ2n) is 8.41. The van der Waals surface area contributed by atoms with E-state index in [1.54, 1.807) is 17.4 Å². The highest BCUT2D eigenvalue weighted by Crippen LogP contribution is 2.35. The lowest BCUT2D eigenvalue weighted by Crippen LogP contribution is -2.42. The second-order valence-corrected chi connectivity index (χ2v) is 9.19. The van der Waals surface area contributed by atoms with Crippen LogP contribution in [0.4, 0.5) is 0 Å². The Morgan fingerprint density at radius 1 is 1.28 bits per heavy atom. The maximum atomic E-state index is 12.3. The van der Waals surface area contributed by atoms with E-state index in [1.165, 1.54) is 5.56 Å². The van der Waals surface area contributed by atoms with Crippen molar-refractivity contribution in [2.75, 3.05) is 19.6 Å². The average molecular weight is 413 g/mol. The zero-order valence-electron chi connectivity index (χ0n) is 17.0. The Balaban J connectivity index is 1.45. The van der Waals surface area contributed by atoms with Gasteiger partial charge < -0.3 is 14.8 Å². The number of hydrogen-bond acceptors (Lipinski definition) is 5. The first-order chi connectivity index (χ1) is 13.9. The molecule has 29 heavy (non-hydrogen) atoms. The smallest absolute Gasteiger partial charge is 0.287 e. The molecule has 3 heterocycles. The van der Waals surface area contributed by atoms with Crippen molar-refractivity contribution < 1.29 is 14.3 Å². The van der Waals surface area contributed by atoms with Crippen LogP contribution in [0.3, 0.4) is 0 Å². The summed E-state index contributed by atoms with van der Waals surface area (Å²) in [5.41, 5.74) is 2.07. The van der Waals surface area contributed by atoms with Gasteiger partial charge in [0.05, 0.1) is 5.60 Å². The molecule has 4 rings (SSSR count). The number of carbonyl (C=O) groups is 1. The van der Waals surface area contributed by atoms with Crippen LogP contribution in [0.25, 0.3) is 11.0 Å². The van der Waals surface area contributed by atoms with Crippen molar-refractivity contribution in [1.82, 2.24) is 10.2 Å². The Morgan fingerprint density at radius 3 is 2.76 bits per heavy atom. The van der Waals surface area contributed by atoms with Crippen molar-refractivity contribution in [3.05, 3.63) is 58.0 Å². The minimum atomic E-state index is -0.837. The Kier molecular flexibility index (Phi) is 5.76. The largest absolute Gasteiger partial charge is 0.451 e. The monoisotopic (exact) mass is 412 g/mol. The van der Waals surface area contributed by atoms with Crippen LogP contribution in [0.15, 0.2) is 45.5 Å². The van der Waals surface area contributed by atoms with Gasteiger partial charge in [-0.15, -0.1) is 0 Å². The van der Waals surface area contributed by atoms with Crippen LogP contribution in [-0.4, -0.2) is 35.5 Å². The summed E-state index contributed by atoms with van der Waals surface area (Å²) in [6.45, 7) is 7.38. The van der Waals surface area contributed by atoms with Crippen molar-refractivity contribution in [3.8, 4) is 0 Å². The summed E-state index contributed by atoms with van der Waals surface area (Å²) in [4.78, 5) is 14.7. The normalized spacial score (nSPS) is 17.1. The van der Waals surface area contributed by atoms with E-state index in [0.717, 1.165) is 30.6 Å². The van der Waals surface area contributed by atoms with E-state index in [-0.39, 0.29) is 5.91 Å². The molecule has 0 atom stereocenters. The van der Waals surface area contributed by atoms with Crippen molar-refractivity contribution >= 4 is 28.2 Å². The minimum absolute atomic E-state index is 0.197. The Bertz CT molecular complexity index is 969. The maximum absolute atomic E-state index is 12.3. The molecular weight excluding hydrogens is 384 g/mol. The summed E-state index contributed by atoms with van der Waals surface area (Å²) < 4.78 is 5.71. The molecule has 0 saturated carbocycles. The number of nitrogens with one attached hydrogen (secondary N) is 1. The molecule has 1 aliphatic rings. The third kappa shape index (κ3) is 4.55. The van der Waals surface area contributed by atoms with Gasteiger partial charge in [0.1, 0.15) is 5.58 Å². The number of carbonyl (C=O) groups excluding carboxylic acids is 1. The van der Waals surface area contributed by atoms with Crippen molar-refractivity contribution in [2.24, 2.45) is 5.92 Å². The number of fused-ring (bicyclic) bond motifs is 1. The number of benzene rings is 1. The molecule has 6 heteroatoms. The van der Waals surface area contributed by atoms with Crippen molar-refractivity contribution in [3.63, 3.8) is 0 Å². The Morgan fingerprint density at radius 2 is 2.07 bits per heavy atom. The molecule has 1 fully saturated rings. The fourth-order valence-electron chi connectivity index (χ4n) is 3.84. The third-order valence-electron chi connectivity index (χ3n) is 5.62. The number of furan rings is 1. The zero-order valence-corrected chi connectivity index (χ0v) is 17.8. The SMILES string of the molecule is CC(C)CNC(=O)c1cc2cc(C3(O)CCN(Cc4ccsc4)CC3)ccc2o1. The van der Waals surface area contributed by atoms with E-state index in [0.29, 0.717) is 36.6 Å². The van der Waals surface area contributed by atoms with Crippen LogP contribution in [0.5, 0.6) is 0 Å². The van der Waals surface area contributed by atoms with Gasteiger partial charge in [-0.1, -0.05) is 19.9 Å². The molecule has 154 valence electrons. The first-order valence-corrected chi connectivity index (χ1v) is 11.2. The summed E-state index contributed by atoms with van der Waals surface area (Å²) in [6.07, 6.45) is 1.39. The van der Waals surface area contributed by atoms with Crippen LogP contribution >= 0.6 is 11.3 Å². The number of likely N-dealkylation sites (tertiary alicyclic amines) is 1. The molecule has 0 bridgehead atoms. The van der Waals surface area contributed by atoms with Crippen molar-refractivity contribution in [1.29, 1.82) is 0 Å². The molecular formula is C23H28N2O3S. The van der Waals surface area contributed by atoms with Gasteiger partial charge in [-0.25, -0.2) is 0 Å². The zero-order chi connectivity index (χ0) is 20.4. The van der Waals surface area contributed by atoms with E-state index >= 15 is 0 Å². The Labute approximate surface area is 175 Å². The molecule has 0 radical (unpaired) electrons. The van der Waals surface area contributed by atoms with E-state index in [4.69, 9.17) is 4.42 Å².